The Bertz CT molecular complexity index is 5230. The Kier molecular flexibility index (Phi) is 9.84. The fourth-order valence-electron chi connectivity index (χ4n) is 10.5. The third-order valence-corrected chi connectivity index (χ3v) is 14.7. The van der Waals surface area contributed by atoms with Gasteiger partial charge >= 0.3 is 0 Å². The van der Waals surface area contributed by atoms with Gasteiger partial charge in [0.25, 0.3) is 0 Å². The van der Waals surface area contributed by atoms with Gasteiger partial charge in [-0.1, -0.05) is 213 Å². The Labute approximate surface area is 484 Å². The van der Waals surface area contributed by atoms with E-state index in [9.17, 15) is 6.85 Å². The van der Waals surface area contributed by atoms with Crippen LogP contribution in [0.1, 0.15) is 92.7 Å². The number of para-hydroxylation sites is 2. The number of pyridine rings is 1. The number of benzene rings is 9. The minimum Gasteiger partial charge on any atom is -0.510 e. The van der Waals surface area contributed by atoms with E-state index in [0.29, 0.717) is 11.0 Å². The Morgan fingerprint density at radius 1 is 0.500 bits per heavy atom. The maximum Gasteiger partial charge on any atom is 0.136 e. The van der Waals surface area contributed by atoms with Crippen molar-refractivity contribution in [1.29, 1.82) is 0 Å². The molecule has 12 aromatic rings. The molecule has 1 aliphatic rings. The Hall–Kier alpha value is -8.11. The van der Waals surface area contributed by atoms with Gasteiger partial charge in [0.05, 0.1) is 16.5 Å². The van der Waals surface area contributed by atoms with E-state index in [1.165, 1.54) is 5.56 Å². The van der Waals surface area contributed by atoms with Gasteiger partial charge < -0.3 is 18.0 Å². The van der Waals surface area contributed by atoms with Gasteiger partial charge in [0.15, 0.2) is 0 Å². The molecule has 0 fully saturated rings. The normalized spacial score (nSPS) is 14.1. The van der Waals surface area contributed by atoms with E-state index in [1.54, 1.807) is 10.5 Å². The monoisotopic (exact) mass is 1200 g/mol. The first-order valence-corrected chi connectivity index (χ1v) is 26.0. The van der Waals surface area contributed by atoms with Crippen LogP contribution >= 0.6 is 0 Å². The van der Waals surface area contributed by atoms with Crippen LogP contribution in [0, 0.1) is 12.1 Å². The van der Waals surface area contributed by atoms with Crippen LogP contribution in [0.5, 0.6) is 0 Å². The zero-order chi connectivity index (χ0) is 61.7. The quantitative estimate of drug-likeness (QED) is 0.162. The summed E-state index contributed by atoms with van der Waals surface area (Å²) in [6, 6.07) is 49.2. The zero-order valence-electron chi connectivity index (χ0n) is 54.9. The molecule has 6 heteroatoms. The maximum atomic E-state index is 9.97. The van der Waals surface area contributed by atoms with E-state index >= 15 is 0 Å². The molecule has 0 saturated carbocycles. The van der Waals surface area contributed by atoms with Gasteiger partial charge in [-0.2, -0.15) is 24.2 Å². The van der Waals surface area contributed by atoms with Crippen LogP contribution in [0.15, 0.2) is 211 Å². The molecule has 3 aromatic heterocycles. The molecule has 13 rings (SSSR count). The van der Waals surface area contributed by atoms with Gasteiger partial charge in [0.1, 0.15) is 5.65 Å². The predicted molar refractivity (Wildman–Crippen MR) is 324 cm³/mol. The van der Waals surface area contributed by atoms with Crippen LogP contribution in [0.4, 0.5) is 0 Å². The fraction of sp³-hybridized carbons (Fsp3) is 0.167. The largest absolute Gasteiger partial charge is 0.510 e. The first kappa shape index (κ1) is 40.1. The summed E-state index contributed by atoms with van der Waals surface area (Å²) in [5, 5.41) is 4.58. The summed E-state index contributed by atoms with van der Waals surface area (Å²) in [5.41, 5.74) is 7.88. The summed E-state index contributed by atoms with van der Waals surface area (Å²) in [5.74, 6) is 0. The Morgan fingerprint density at radius 3 is 1.96 bits per heavy atom. The number of imidazole rings is 1. The second-order valence-corrected chi connectivity index (χ2v) is 23.1. The molecule has 0 amide bonds. The molecule has 0 N–H and O–H groups in total. The summed E-state index contributed by atoms with van der Waals surface area (Å²) in [6.07, 6.45) is 2.09. The van der Waals surface area contributed by atoms with Gasteiger partial charge in [-0.25, -0.2) is 4.98 Å². The van der Waals surface area contributed by atoms with E-state index in [0.717, 1.165) is 66.1 Å². The fourth-order valence-corrected chi connectivity index (χ4v) is 10.5. The number of hydrogen-bond acceptors (Lipinski definition) is 2. The first-order chi connectivity index (χ1) is 41.2. The van der Waals surface area contributed by atoms with Crippen molar-refractivity contribution in [2.24, 2.45) is 0 Å². The standard InChI is InChI=1S/C72H61N4O.Pt/c1-70(2,3)51-25-18-23-49(37-51)60-39-52(71(4,5)6)40-62-58-29-14-13-28-57(58)48-22-17-24-50(36-48)63-41-53(72(7,8)9)42-68(73-63)76-64-35-32-47(46-20-11-10-12-21-46)38-61(64)59-34-33-56(44-67(59)76)77-55-27-19-26-54(43-55)74-45-75(69(60)62)66-31-16-15-30-65(66)74;/h10-42,45H,1-9H3;/q-3;/i10D,11D,12D,20D,21D,32D,33D,34D,35D,38D;. The minimum atomic E-state index is -0.666. The maximum absolute atomic E-state index is 9.97. The minimum absolute atomic E-state index is 0. The van der Waals surface area contributed by atoms with Gasteiger partial charge in [0.2, 0.25) is 0 Å². The van der Waals surface area contributed by atoms with Gasteiger partial charge in [-0.05, 0) is 125 Å². The van der Waals surface area contributed by atoms with Crippen molar-refractivity contribution in [3.63, 3.8) is 0 Å². The Morgan fingerprint density at radius 2 is 1.19 bits per heavy atom. The molecule has 10 bridgehead atoms. The molecular weight excluding hydrogens is 1130 g/mol. The van der Waals surface area contributed by atoms with Crippen molar-refractivity contribution in [1.82, 2.24) is 18.5 Å². The molecular formula is C72H61N4OPt-3. The van der Waals surface area contributed by atoms with Crippen LogP contribution in [-0.4, -0.2) is 18.5 Å². The molecule has 0 atom stereocenters. The molecule has 1 aliphatic heterocycles. The van der Waals surface area contributed by atoms with Crippen molar-refractivity contribution < 1.29 is 39.2 Å². The number of aromatic nitrogens is 4. The molecule has 0 aliphatic carbocycles. The van der Waals surface area contributed by atoms with Crippen molar-refractivity contribution in [3.05, 3.63) is 235 Å². The van der Waals surface area contributed by atoms with Crippen LogP contribution in [0.25, 0.3) is 116 Å². The smallest absolute Gasteiger partial charge is 0.136 e. The van der Waals surface area contributed by atoms with Gasteiger partial charge in [-0.15, -0.1) is 29.1 Å². The van der Waals surface area contributed by atoms with E-state index in [4.69, 9.17) is 16.3 Å². The summed E-state index contributed by atoms with van der Waals surface area (Å²) in [6.45, 7) is 19.7. The van der Waals surface area contributed by atoms with E-state index in [2.05, 4.69) is 175 Å². The molecule has 9 aromatic carbocycles. The van der Waals surface area contributed by atoms with E-state index in [1.807, 2.05) is 48.5 Å². The van der Waals surface area contributed by atoms with Crippen LogP contribution in [0.3, 0.4) is 0 Å². The van der Waals surface area contributed by atoms with Crippen molar-refractivity contribution in [3.8, 4) is 33.6 Å². The van der Waals surface area contributed by atoms with Gasteiger partial charge in [-0.3, -0.25) is 0 Å². The molecule has 0 radical (unpaired) electrons. The number of nitrogens with zero attached hydrogens (tertiary/aromatic N) is 4. The van der Waals surface area contributed by atoms with Crippen LogP contribution in [0.2, 0.25) is 0 Å². The average Bonchev–Trinajstić information content (AvgIpc) is 1.53. The van der Waals surface area contributed by atoms with Crippen LogP contribution in [-0.2, 0) is 37.3 Å². The third-order valence-electron chi connectivity index (χ3n) is 14.7. The summed E-state index contributed by atoms with van der Waals surface area (Å²) in [7, 11) is 0. The molecule has 0 spiro atoms. The third kappa shape index (κ3) is 8.98. The van der Waals surface area contributed by atoms with Crippen molar-refractivity contribution in [2.45, 2.75) is 78.6 Å². The second kappa shape index (κ2) is 19.1. The molecule has 0 unspecified atom stereocenters. The topological polar surface area (TPSA) is 40.3 Å². The number of rotatable bonds is 2. The summed E-state index contributed by atoms with van der Waals surface area (Å²) in [4.78, 5) is 5.42. The van der Waals surface area contributed by atoms with E-state index in [-0.39, 0.29) is 76.1 Å². The predicted octanol–water partition coefficient (Wildman–Crippen LogP) is 19.4. The molecule has 388 valence electrons. The number of fused-ring (bicyclic) bond motifs is 23. The summed E-state index contributed by atoms with van der Waals surface area (Å²) >= 11 is 0. The SMILES string of the molecule is [2H]c1c([2H])c([2H])c(-c2c([2H])c([2H])c3c(c2[2H])c2c([2H])c([2H])c4[c-]c2n3c2cc(C(C)(C)C)cc(n2)c2cccc(c2)c2ccccc2c2cc(C(C)(C)C)cc(-c3cccc(C(C)(C)C)c3)c2n2[cH-]n(c3[c-]c(ccc3)o4)-c3ccccc3-2)c([2H])c1[2H].[Pt]. The number of hydrogen-bond donors (Lipinski definition) is 0. The van der Waals surface area contributed by atoms with Gasteiger partial charge in [0, 0.05) is 50.8 Å². The van der Waals surface area contributed by atoms with Crippen molar-refractivity contribution in [2.75, 3.05) is 0 Å². The molecule has 5 nitrogen and oxygen atoms in total. The van der Waals surface area contributed by atoms with Crippen LogP contribution < -0.4 is 0 Å². The second-order valence-electron chi connectivity index (χ2n) is 23.1. The first-order valence-electron chi connectivity index (χ1n) is 31.0. The molecule has 4 heterocycles. The average molecular weight is 1200 g/mol. The Balaban J connectivity index is 0.00000754. The molecule has 78 heavy (non-hydrogen) atoms. The summed E-state index contributed by atoms with van der Waals surface area (Å²) < 4.78 is 105. The van der Waals surface area contributed by atoms with E-state index < -0.39 is 71.4 Å². The zero-order valence-corrected chi connectivity index (χ0v) is 47.1. The van der Waals surface area contributed by atoms with Crippen molar-refractivity contribution >= 4 is 82.1 Å². The molecule has 0 saturated heterocycles.